The minimum atomic E-state index is -0.199. The van der Waals surface area contributed by atoms with Crippen molar-refractivity contribution in [2.75, 3.05) is 0 Å². The van der Waals surface area contributed by atoms with Crippen LogP contribution in [-0.2, 0) is 12.3 Å². The molecule has 0 radical (unpaired) electrons. The summed E-state index contributed by atoms with van der Waals surface area (Å²) < 4.78 is 0.880. The van der Waals surface area contributed by atoms with E-state index >= 15 is 0 Å². The van der Waals surface area contributed by atoms with Gasteiger partial charge in [-0.25, -0.2) is 0 Å². The zero-order valence-electron chi connectivity index (χ0n) is 12.2. The quantitative estimate of drug-likeness (QED) is 0.678. The molecule has 0 saturated carbocycles. The second-order valence-corrected chi connectivity index (χ2v) is 7.78. The lowest BCUT2D eigenvalue weighted by Crippen LogP contribution is -2.22. The number of nitrogens with one attached hydrogen (secondary N) is 1. The number of aryl methyl sites for hydroxylation is 1. The van der Waals surface area contributed by atoms with Crippen molar-refractivity contribution in [3.8, 4) is 0 Å². The van der Waals surface area contributed by atoms with Gasteiger partial charge in [-0.1, -0.05) is 64.3 Å². The standard InChI is InChI=1S/C14H13N5OS3/c1-9-2-4-10(5-3-9)6-15-12(20)13-18-17-11(23-13)7-21-14-19-16-8-22-14/h2-5,8H,6-7H2,1H3,(H,15,20). The molecule has 118 valence electrons. The maximum absolute atomic E-state index is 12.1. The minimum absolute atomic E-state index is 0.199. The number of aromatic nitrogens is 4. The molecule has 9 heteroatoms. The molecule has 3 rings (SSSR count). The number of amides is 1. The van der Waals surface area contributed by atoms with E-state index < -0.39 is 0 Å². The van der Waals surface area contributed by atoms with Crippen molar-refractivity contribution in [2.45, 2.75) is 23.6 Å². The molecule has 0 aliphatic carbocycles. The van der Waals surface area contributed by atoms with E-state index in [0.29, 0.717) is 17.3 Å². The molecule has 1 amide bonds. The Morgan fingerprint density at radius 3 is 2.78 bits per heavy atom. The van der Waals surface area contributed by atoms with E-state index in [1.807, 2.05) is 31.2 Å². The van der Waals surface area contributed by atoms with E-state index in [4.69, 9.17) is 0 Å². The van der Waals surface area contributed by atoms with E-state index in [1.165, 1.54) is 40.0 Å². The zero-order valence-corrected chi connectivity index (χ0v) is 14.7. The van der Waals surface area contributed by atoms with Crippen LogP contribution in [0.5, 0.6) is 0 Å². The summed E-state index contributed by atoms with van der Waals surface area (Å²) in [6.07, 6.45) is 0. The first-order valence-corrected chi connectivity index (χ1v) is 9.44. The molecule has 0 aliphatic rings. The molecule has 2 heterocycles. The van der Waals surface area contributed by atoms with Gasteiger partial charge < -0.3 is 5.32 Å². The van der Waals surface area contributed by atoms with Crippen molar-refractivity contribution in [3.05, 3.63) is 50.9 Å². The third kappa shape index (κ3) is 4.57. The lowest BCUT2D eigenvalue weighted by Gasteiger charge is -2.03. The van der Waals surface area contributed by atoms with Gasteiger partial charge in [-0.3, -0.25) is 4.79 Å². The predicted octanol–water partition coefficient (Wildman–Crippen LogP) is 2.92. The van der Waals surface area contributed by atoms with Gasteiger partial charge in [0.15, 0.2) is 4.34 Å². The maximum Gasteiger partial charge on any atom is 0.282 e. The molecule has 1 N–H and O–H groups in total. The molecule has 0 saturated heterocycles. The molecule has 2 aromatic heterocycles. The lowest BCUT2D eigenvalue weighted by molar-refractivity contribution is 0.0950. The molecule has 1 aromatic carbocycles. The highest BCUT2D eigenvalue weighted by Crippen LogP contribution is 2.25. The number of thioether (sulfide) groups is 1. The average molecular weight is 363 g/mol. The van der Waals surface area contributed by atoms with Crippen molar-refractivity contribution in [2.24, 2.45) is 0 Å². The highest BCUT2D eigenvalue weighted by molar-refractivity contribution is 8.00. The van der Waals surface area contributed by atoms with Gasteiger partial charge in [0.25, 0.3) is 5.91 Å². The molecule has 0 fully saturated rings. The van der Waals surface area contributed by atoms with Crippen LogP contribution < -0.4 is 5.32 Å². The summed E-state index contributed by atoms with van der Waals surface area (Å²) in [6, 6.07) is 8.05. The molecule has 23 heavy (non-hydrogen) atoms. The van der Waals surface area contributed by atoms with Crippen LogP contribution in [-0.4, -0.2) is 26.3 Å². The Kier molecular flexibility index (Phi) is 5.31. The summed E-state index contributed by atoms with van der Waals surface area (Å²) in [5.74, 6) is 0.438. The van der Waals surface area contributed by atoms with Gasteiger partial charge in [0.05, 0.1) is 5.75 Å². The highest BCUT2D eigenvalue weighted by atomic mass is 32.2. The Labute approximate surface area is 145 Å². The fourth-order valence-electron chi connectivity index (χ4n) is 1.72. The Morgan fingerprint density at radius 2 is 2.04 bits per heavy atom. The number of rotatable bonds is 6. The van der Waals surface area contributed by atoms with Crippen LogP contribution in [0.25, 0.3) is 0 Å². The van der Waals surface area contributed by atoms with Crippen LogP contribution in [0.3, 0.4) is 0 Å². The van der Waals surface area contributed by atoms with E-state index in [0.717, 1.165) is 14.9 Å². The number of nitrogens with zero attached hydrogens (tertiary/aromatic N) is 4. The second kappa shape index (κ2) is 7.62. The van der Waals surface area contributed by atoms with Crippen LogP contribution in [0, 0.1) is 6.92 Å². The third-order valence-corrected chi connectivity index (χ3v) is 5.87. The van der Waals surface area contributed by atoms with Gasteiger partial charge in [-0.2, -0.15) is 0 Å². The Balaban J connectivity index is 1.52. The Hall–Kier alpha value is -1.84. The smallest absolute Gasteiger partial charge is 0.282 e. The van der Waals surface area contributed by atoms with Gasteiger partial charge in [-0.15, -0.1) is 20.4 Å². The average Bonchev–Trinajstić information content (AvgIpc) is 3.23. The first-order chi connectivity index (χ1) is 11.2. The third-order valence-electron chi connectivity index (χ3n) is 2.89. The number of hydrogen-bond donors (Lipinski definition) is 1. The van der Waals surface area contributed by atoms with Crippen LogP contribution in [0.15, 0.2) is 34.1 Å². The van der Waals surface area contributed by atoms with Crippen molar-refractivity contribution in [3.63, 3.8) is 0 Å². The maximum atomic E-state index is 12.1. The summed E-state index contributed by atoms with van der Waals surface area (Å²) in [5, 5.41) is 19.8. The first kappa shape index (κ1) is 16.0. The van der Waals surface area contributed by atoms with E-state index in [1.54, 1.807) is 5.51 Å². The summed E-state index contributed by atoms with van der Waals surface area (Å²) in [6.45, 7) is 2.51. The van der Waals surface area contributed by atoms with Crippen LogP contribution in [0.1, 0.15) is 25.9 Å². The van der Waals surface area contributed by atoms with Crippen LogP contribution in [0.4, 0.5) is 0 Å². The van der Waals surface area contributed by atoms with Crippen molar-refractivity contribution >= 4 is 40.3 Å². The molecule has 3 aromatic rings. The van der Waals surface area contributed by atoms with Crippen molar-refractivity contribution in [1.82, 2.24) is 25.7 Å². The molecule has 0 aliphatic heterocycles. The summed E-state index contributed by atoms with van der Waals surface area (Å²) in [5.41, 5.74) is 3.94. The number of carbonyl (C=O) groups is 1. The number of hydrogen-bond acceptors (Lipinski definition) is 8. The SMILES string of the molecule is Cc1ccc(CNC(=O)c2nnc(CSc3nncs3)s2)cc1. The molecular formula is C14H13N5OS3. The summed E-state index contributed by atoms with van der Waals surface area (Å²) in [4.78, 5) is 12.1. The lowest BCUT2D eigenvalue weighted by atomic mass is 10.1. The summed E-state index contributed by atoms with van der Waals surface area (Å²) >= 11 is 4.32. The Morgan fingerprint density at radius 1 is 1.22 bits per heavy atom. The van der Waals surface area contributed by atoms with Crippen molar-refractivity contribution < 1.29 is 4.79 Å². The van der Waals surface area contributed by atoms with E-state index in [9.17, 15) is 4.79 Å². The summed E-state index contributed by atoms with van der Waals surface area (Å²) in [7, 11) is 0. The second-order valence-electron chi connectivity index (χ2n) is 4.66. The molecular weight excluding hydrogens is 350 g/mol. The normalized spacial score (nSPS) is 10.7. The van der Waals surface area contributed by atoms with Gasteiger partial charge in [-0.05, 0) is 12.5 Å². The van der Waals surface area contributed by atoms with E-state index in [-0.39, 0.29) is 5.91 Å². The van der Waals surface area contributed by atoms with Gasteiger partial charge in [0.1, 0.15) is 10.5 Å². The fourth-order valence-corrected chi connectivity index (χ4v) is 3.95. The largest absolute Gasteiger partial charge is 0.346 e. The monoisotopic (exact) mass is 363 g/mol. The van der Waals surface area contributed by atoms with Gasteiger partial charge >= 0.3 is 0 Å². The molecule has 0 spiro atoms. The molecule has 6 nitrogen and oxygen atoms in total. The topological polar surface area (TPSA) is 80.7 Å². The predicted molar refractivity (Wildman–Crippen MR) is 91.7 cm³/mol. The van der Waals surface area contributed by atoms with Gasteiger partial charge in [0.2, 0.25) is 5.01 Å². The first-order valence-electron chi connectivity index (χ1n) is 6.76. The Bertz CT molecular complexity index is 770. The zero-order chi connectivity index (χ0) is 16.1. The van der Waals surface area contributed by atoms with Crippen LogP contribution in [0.2, 0.25) is 0 Å². The minimum Gasteiger partial charge on any atom is -0.346 e. The molecule has 0 unspecified atom stereocenters. The highest BCUT2D eigenvalue weighted by Gasteiger charge is 2.13. The molecule has 0 bridgehead atoms. The fraction of sp³-hybridized carbons (Fsp3) is 0.214. The van der Waals surface area contributed by atoms with E-state index in [2.05, 4.69) is 25.7 Å². The number of carbonyl (C=O) groups excluding carboxylic acids is 1. The van der Waals surface area contributed by atoms with Crippen molar-refractivity contribution in [1.29, 1.82) is 0 Å². The van der Waals surface area contributed by atoms with Gasteiger partial charge in [0, 0.05) is 6.54 Å². The van der Waals surface area contributed by atoms with Crippen LogP contribution >= 0.6 is 34.4 Å². The molecule has 0 atom stereocenters. The number of benzene rings is 1.